The fourth-order valence-electron chi connectivity index (χ4n) is 3.08. The van der Waals surface area contributed by atoms with Gasteiger partial charge < -0.3 is 20.2 Å². The number of nitrogens with one attached hydrogen (secondary N) is 1. The van der Waals surface area contributed by atoms with Crippen molar-refractivity contribution in [2.24, 2.45) is 0 Å². The van der Waals surface area contributed by atoms with Crippen molar-refractivity contribution in [1.29, 1.82) is 5.26 Å². The molecule has 1 aromatic carbocycles. The number of halogens is 4. The summed E-state index contributed by atoms with van der Waals surface area (Å²) in [7, 11) is 0. The van der Waals surface area contributed by atoms with Gasteiger partial charge in [-0.15, -0.1) is 0 Å². The number of carbonyl (C=O) groups excluding carboxylic acids is 1. The summed E-state index contributed by atoms with van der Waals surface area (Å²) in [5.74, 6) is -2.10. The van der Waals surface area contributed by atoms with E-state index in [0.29, 0.717) is 16.8 Å². The summed E-state index contributed by atoms with van der Waals surface area (Å²) in [5.41, 5.74) is -2.54. The molecule has 3 rings (SSSR count). The quantitative estimate of drug-likeness (QED) is 0.733. The maximum absolute atomic E-state index is 13.3. The fraction of sp³-hybridized carbons (Fsp3) is 0.263. The van der Waals surface area contributed by atoms with E-state index in [9.17, 15) is 28.0 Å². The van der Waals surface area contributed by atoms with Gasteiger partial charge in [-0.25, -0.2) is 14.6 Å². The SMILES string of the molecule is N#Cc1cc(C(=O)O)c(C(F)(F)F)nc1N1CCN(C(=O)Nc2ccccc2Cl)CC1. The molecule has 1 aliphatic heterocycles. The molecule has 162 valence electrons. The molecule has 2 aromatic rings. The van der Waals surface area contributed by atoms with Crippen LogP contribution in [0.4, 0.5) is 29.5 Å². The van der Waals surface area contributed by atoms with Crippen molar-refractivity contribution in [3.05, 3.63) is 52.2 Å². The maximum Gasteiger partial charge on any atom is 0.434 e. The highest BCUT2D eigenvalue weighted by Gasteiger charge is 2.39. The number of benzene rings is 1. The molecular weight excluding hydrogens is 439 g/mol. The molecule has 2 N–H and O–H groups in total. The van der Waals surface area contributed by atoms with Crippen LogP contribution < -0.4 is 10.2 Å². The third-order valence-corrected chi connectivity index (χ3v) is 4.93. The van der Waals surface area contributed by atoms with Gasteiger partial charge in [-0.3, -0.25) is 0 Å². The standard InChI is InChI=1S/C19H15ClF3N5O3/c20-13-3-1-2-4-14(13)25-18(31)28-7-5-27(6-8-28)16-11(10-24)9-12(17(29)30)15(26-16)19(21,22)23/h1-4,9H,5-8H2,(H,25,31)(H,29,30). The monoisotopic (exact) mass is 453 g/mol. The molecule has 0 spiro atoms. The Labute approximate surface area is 179 Å². The molecular formula is C19H15ClF3N5O3. The molecule has 0 saturated carbocycles. The highest BCUT2D eigenvalue weighted by molar-refractivity contribution is 6.33. The number of aromatic carboxylic acids is 1. The molecule has 1 fully saturated rings. The lowest BCUT2D eigenvalue weighted by Crippen LogP contribution is -2.50. The number of para-hydroxylation sites is 1. The van der Waals surface area contributed by atoms with Crippen LogP contribution in [0.3, 0.4) is 0 Å². The number of carboxylic acids is 1. The Hall–Kier alpha value is -3.52. The molecule has 2 heterocycles. The average molecular weight is 454 g/mol. The van der Waals surface area contributed by atoms with Gasteiger partial charge in [0.05, 0.1) is 21.8 Å². The normalized spacial score (nSPS) is 14.2. The van der Waals surface area contributed by atoms with Crippen molar-refractivity contribution in [1.82, 2.24) is 9.88 Å². The van der Waals surface area contributed by atoms with Crippen LogP contribution in [0.2, 0.25) is 5.02 Å². The summed E-state index contributed by atoms with van der Waals surface area (Å²) < 4.78 is 39.9. The van der Waals surface area contributed by atoms with E-state index >= 15 is 0 Å². The number of rotatable bonds is 3. The van der Waals surface area contributed by atoms with Gasteiger partial charge in [-0.1, -0.05) is 23.7 Å². The van der Waals surface area contributed by atoms with E-state index in [4.69, 9.17) is 16.7 Å². The third-order valence-electron chi connectivity index (χ3n) is 4.60. The fourth-order valence-corrected chi connectivity index (χ4v) is 3.27. The van der Waals surface area contributed by atoms with Crippen LogP contribution in [0.5, 0.6) is 0 Å². The summed E-state index contributed by atoms with van der Waals surface area (Å²) in [4.78, 5) is 30.0. The molecule has 0 aliphatic carbocycles. The van der Waals surface area contributed by atoms with E-state index in [2.05, 4.69) is 10.3 Å². The average Bonchev–Trinajstić information content (AvgIpc) is 2.73. The number of carbonyl (C=O) groups is 2. The van der Waals surface area contributed by atoms with E-state index in [1.54, 1.807) is 30.3 Å². The predicted molar refractivity (Wildman–Crippen MR) is 105 cm³/mol. The zero-order valence-corrected chi connectivity index (χ0v) is 16.5. The number of nitrogens with zero attached hydrogens (tertiary/aromatic N) is 4. The molecule has 8 nitrogen and oxygen atoms in total. The lowest BCUT2D eigenvalue weighted by molar-refractivity contribution is -0.141. The maximum atomic E-state index is 13.3. The first-order chi connectivity index (χ1) is 14.6. The Kier molecular flexibility index (Phi) is 6.21. The van der Waals surface area contributed by atoms with Crippen molar-refractivity contribution >= 4 is 35.1 Å². The lowest BCUT2D eigenvalue weighted by Gasteiger charge is -2.36. The first kappa shape index (κ1) is 22.2. The first-order valence-corrected chi connectivity index (χ1v) is 9.30. The minimum Gasteiger partial charge on any atom is -0.478 e. The van der Waals surface area contributed by atoms with Gasteiger partial charge >= 0.3 is 18.2 Å². The van der Waals surface area contributed by atoms with Gasteiger partial charge in [-0.2, -0.15) is 18.4 Å². The number of anilines is 2. The van der Waals surface area contributed by atoms with Crippen LogP contribution in [0, 0.1) is 11.3 Å². The van der Waals surface area contributed by atoms with Gasteiger partial charge in [0.1, 0.15) is 11.9 Å². The van der Waals surface area contributed by atoms with Gasteiger partial charge in [-0.05, 0) is 18.2 Å². The minimum absolute atomic E-state index is 0.0985. The van der Waals surface area contributed by atoms with Crippen molar-refractivity contribution in [2.75, 3.05) is 36.4 Å². The number of pyridine rings is 1. The summed E-state index contributed by atoms with van der Waals surface area (Å²) >= 11 is 6.02. The van der Waals surface area contributed by atoms with Crippen molar-refractivity contribution in [2.45, 2.75) is 6.18 Å². The molecule has 1 aliphatic rings. The smallest absolute Gasteiger partial charge is 0.434 e. The van der Waals surface area contributed by atoms with E-state index in [1.807, 2.05) is 0 Å². The highest BCUT2D eigenvalue weighted by Crippen LogP contribution is 2.34. The third kappa shape index (κ3) is 4.80. The zero-order chi connectivity index (χ0) is 22.8. The van der Waals surface area contributed by atoms with Gasteiger partial charge in [0.2, 0.25) is 0 Å². The van der Waals surface area contributed by atoms with E-state index in [-0.39, 0.29) is 37.6 Å². The second-order valence-electron chi connectivity index (χ2n) is 6.55. The largest absolute Gasteiger partial charge is 0.478 e. The number of alkyl halides is 3. The number of piperazine rings is 1. The molecule has 0 unspecified atom stereocenters. The predicted octanol–water partition coefficient (Wildman–Crippen LogP) is 3.68. The van der Waals surface area contributed by atoms with Gasteiger partial charge in [0.25, 0.3) is 0 Å². The Morgan fingerprint density at radius 2 is 1.84 bits per heavy atom. The van der Waals surface area contributed by atoms with E-state index < -0.39 is 29.4 Å². The number of urea groups is 1. The first-order valence-electron chi connectivity index (χ1n) is 8.93. The molecule has 1 saturated heterocycles. The lowest BCUT2D eigenvalue weighted by atomic mass is 10.1. The molecule has 1 aromatic heterocycles. The molecule has 12 heteroatoms. The van der Waals surface area contributed by atoms with Crippen LogP contribution in [0.25, 0.3) is 0 Å². The van der Waals surface area contributed by atoms with Crippen LogP contribution in [0.15, 0.2) is 30.3 Å². The number of hydrogen-bond acceptors (Lipinski definition) is 5. The summed E-state index contributed by atoms with van der Waals surface area (Å²) in [6.07, 6.45) is -5.01. The Bertz CT molecular complexity index is 1060. The molecule has 2 amide bonds. The van der Waals surface area contributed by atoms with Crippen LogP contribution in [0.1, 0.15) is 21.6 Å². The van der Waals surface area contributed by atoms with E-state index in [1.165, 1.54) is 9.80 Å². The summed E-state index contributed by atoms with van der Waals surface area (Å²) in [6.45, 7) is 0.485. The van der Waals surface area contributed by atoms with Crippen molar-refractivity contribution in [3.63, 3.8) is 0 Å². The van der Waals surface area contributed by atoms with E-state index in [0.717, 1.165) is 0 Å². The number of nitriles is 1. The number of carboxylic acid groups (broad SMARTS) is 1. The zero-order valence-electron chi connectivity index (χ0n) is 15.8. The van der Waals surface area contributed by atoms with Gasteiger partial charge in [0.15, 0.2) is 5.69 Å². The van der Waals surface area contributed by atoms with Crippen molar-refractivity contribution < 1.29 is 27.9 Å². The van der Waals surface area contributed by atoms with Gasteiger partial charge in [0, 0.05) is 26.2 Å². The minimum atomic E-state index is -5.01. The summed E-state index contributed by atoms with van der Waals surface area (Å²) in [6, 6.07) is 8.59. The Morgan fingerprint density at radius 1 is 1.19 bits per heavy atom. The molecule has 0 radical (unpaired) electrons. The molecule has 0 bridgehead atoms. The highest BCUT2D eigenvalue weighted by atomic mass is 35.5. The molecule has 0 atom stereocenters. The number of hydrogen-bond donors (Lipinski definition) is 2. The van der Waals surface area contributed by atoms with Crippen LogP contribution in [-0.4, -0.2) is 53.2 Å². The Balaban J connectivity index is 1.79. The second kappa shape index (κ2) is 8.69. The number of amides is 2. The number of aromatic nitrogens is 1. The molecule has 31 heavy (non-hydrogen) atoms. The van der Waals surface area contributed by atoms with Crippen LogP contribution >= 0.6 is 11.6 Å². The second-order valence-corrected chi connectivity index (χ2v) is 6.96. The summed E-state index contributed by atoms with van der Waals surface area (Å²) in [5, 5.41) is 21.4. The van der Waals surface area contributed by atoms with Crippen LogP contribution in [-0.2, 0) is 6.18 Å². The topological polar surface area (TPSA) is 110 Å². The van der Waals surface area contributed by atoms with Crippen molar-refractivity contribution in [3.8, 4) is 6.07 Å². The Morgan fingerprint density at radius 3 is 2.39 bits per heavy atom.